The fourth-order valence-corrected chi connectivity index (χ4v) is 2.68. The zero-order chi connectivity index (χ0) is 19.8. The van der Waals surface area contributed by atoms with E-state index in [1.165, 1.54) is 0 Å². The van der Waals surface area contributed by atoms with Crippen LogP contribution in [-0.4, -0.2) is 35.5 Å². The third kappa shape index (κ3) is 5.67. The highest BCUT2D eigenvalue weighted by Crippen LogP contribution is 2.18. The zero-order valence-electron chi connectivity index (χ0n) is 15.7. The predicted molar refractivity (Wildman–Crippen MR) is 101 cm³/mol. The van der Waals surface area contributed by atoms with Crippen molar-refractivity contribution in [1.82, 2.24) is 4.57 Å². The molecule has 0 N–H and O–H groups in total. The van der Waals surface area contributed by atoms with Gasteiger partial charge in [-0.05, 0) is 32.4 Å². The van der Waals surface area contributed by atoms with Crippen LogP contribution in [0.25, 0.3) is 0 Å². The van der Waals surface area contributed by atoms with Crippen LogP contribution in [0.2, 0.25) is 0 Å². The molecular weight excluding hydrogens is 346 g/mol. The second-order valence-electron chi connectivity index (χ2n) is 5.97. The molecule has 27 heavy (non-hydrogen) atoms. The van der Waals surface area contributed by atoms with Gasteiger partial charge in [-0.15, -0.1) is 0 Å². The molecule has 0 fully saturated rings. The van der Waals surface area contributed by atoms with Crippen molar-refractivity contribution in [2.24, 2.45) is 0 Å². The maximum Gasteiger partial charge on any atom is 0.331 e. The number of esters is 2. The Labute approximate surface area is 158 Å². The third-order valence-corrected chi connectivity index (χ3v) is 4.05. The lowest BCUT2D eigenvalue weighted by Gasteiger charge is -2.10. The van der Waals surface area contributed by atoms with E-state index in [1.54, 1.807) is 13.0 Å². The summed E-state index contributed by atoms with van der Waals surface area (Å²) in [5.41, 5.74) is 3.42. The summed E-state index contributed by atoms with van der Waals surface area (Å²) in [7, 11) is 0. The van der Waals surface area contributed by atoms with Gasteiger partial charge in [0.1, 0.15) is 0 Å². The van der Waals surface area contributed by atoms with E-state index >= 15 is 0 Å². The van der Waals surface area contributed by atoms with Crippen molar-refractivity contribution in [3.8, 4) is 0 Å². The molecule has 6 heteroatoms. The number of rotatable bonds is 8. The molecule has 0 atom stereocenters. The van der Waals surface area contributed by atoms with Gasteiger partial charge in [-0.25, -0.2) is 9.59 Å². The maximum absolute atomic E-state index is 12.4. The Bertz CT molecular complexity index is 849. The van der Waals surface area contributed by atoms with E-state index < -0.39 is 11.9 Å². The first-order valence-electron chi connectivity index (χ1n) is 8.67. The smallest absolute Gasteiger partial charge is 0.331 e. The molecule has 1 heterocycles. The third-order valence-electron chi connectivity index (χ3n) is 4.05. The van der Waals surface area contributed by atoms with Gasteiger partial charge in [0.25, 0.3) is 0 Å². The Morgan fingerprint density at radius 2 is 1.63 bits per heavy atom. The van der Waals surface area contributed by atoms with Crippen molar-refractivity contribution in [2.45, 2.75) is 27.3 Å². The van der Waals surface area contributed by atoms with Crippen LogP contribution in [0.4, 0.5) is 0 Å². The first kappa shape index (κ1) is 20.2. The second kappa shape index (κ2) is 9.52. The van der Waals surface area contributed by atoms with E-state index in [2.05, 4.69) is 4.74 Å². The molecule has 0 amide bonds. The Balaban J connectivity index is 2.00. The van der Waals surface area contributed by atoms with E-state index in [4.69, 9.17) is 4.74 Å². The largest absolute Gasteiger partial charge is 0.463 e. The van der Waals surface area contributed by atoms with Crippen LogP contribution in [0, 0.1) is 13.8 Å². The summed E-state index contributed by atoms with van der Waals surface area (Å²) in [6, 6.07) is 11.7. The van der Waals surface area contributed by atoms with Crippen molar-refractivity contribution in [1.29, 1.82) is 0 Å². The predicted octanol–water partition coefficient (Wildman–Crippen LogP) is 3.00. The number of carbonyl (C=O) groups excluding carboxylic acids is 3. The quantitative estimate of drug-likeness (QED) is 0.406. The maximum atomic E-state index is 12.4. The van der Waals surface area contributed by atoms with Gasteiger partial charge in [0.15, 0.2) is 6.61 Å². The number of ether oxygens (including phenoxy) is 2. The lowest BCUT2D eigenvalue weighted by atomic mass is 10.1. The van der Waals surface area contributed by atoms with Crippen LogP contribution in [0.3, 0.4) is 0 Å². The van der Waals surface area contributed by atoms with E-state index in [0.717, 1.165) is 29.1 Å². The van der Waals surface area contributed by atoms with Crippen LogP contribution < -0.4 is 0 Å². The van der Waals surface area contributed by atoms with Crippen LogP contribution in [0.15, 0.2) is 48.6 Å². The molecule has 6 nitrogen and oxygen atoms in total. The lowest BCUT2D eigenvalue weighted by Crippen LogP contribution is -2.14. The number of hydrogen-bond acceptors (Lipinski definition) is 5. The molecule has 0 aliphatic heterocycles. The molecule has 0 unspecified atom stereocenters. The van der Waals surface area contributed by atoms with Crippen LogP contribution >= 0.6 is 0 Å². The number of Topliss-reactive ketones (excluding diaryl/α,β-unsaturated/α-hetero) is 1. The van der Waals surface area contributed by atoms with Crippen molar-refractivity contribution >= 4 is 17.7 Å². The lowest BCUT2D eigenvalue weighted by molar-refractivity contribution is -0.139. The zero-order valence-corrected chi connectivity index (χ0v) is 15.7. The molecule has 1 aromatic carbocycles. The first-order valence-corrected chi connectivity index (χ1v) is 8.67. The van der Waals surface area contributed by atoms with Gasteiger partial charge in [0, 0.05) is 35.6 Å². The minimum Gasteiger partial charge on any atom is -0.463 e. The summed E-state index contributed by atoms with van der Waals surface area (Å²) < 4.78 is 11.6. The number of aromatic nitrogens is 1. The molecule has 0 saturated carbocycles. The van der Waals surface area contributed by atoms with Crippen molar-refractivity contribution in [2.75, 3.05) is 13.2 Å². The topological polar surface area (TPSA) is 74.6 Å². The average molecular weight is 369 g/mol. The van der Waals surface area contributed by atoms with Gasteiger partial charge in [0.05, 0.1) is 6.61 Å². The van der Waals surface area contributed by atoms with E-state index in [9.17, 15) is 14.4 Å². The molecule has 2 aromatic rings. The molecule has 0 spiro atoms. The second-order valence-corrected chi connectivity index (χ2v) is 5.97. The standard InChI is InChI=1S/C21H23NO5/c1-4-26-20(24)10-11-21(25)27-14-19(23)18-12-15(2)22(16(18)3)13-17-8-6-5-7-9-17/h5-12H,4,13-14H2,1-3H3/b11-10+. The molecule has 142 valence electrons. The Morgan fingerprint density at radius 1 is 1.00 bits per heavy atom. The van der Waals surface area contributed by atoms with Crippen molar-refractivity contribution < 1.29 is 23.9 Å². The Morgan fingerprint density at radius 3 is 2.26 bits per heavy atom. The highest BCUT2D eigenvalue weighted by molar-refractivity contribution is 6.00. The van der Waals surface area contributed by atoms with Gasteiger partial charge < -0.3 is 14.0 Å². The number of nitrogens with zero attached hydrogens (tertiary/aromatic N) is 1. The highest BCUT2D eigenvalue weighted by atomic mass is 16.5. The number of benzene rings is 1. The molecule has 2 rings (SSSR count). The normalized spacial score (nSPS) is 10.8. The fraction of sp³-hybridized carbons (Fsp3) is 0.286. The number of carbonyl (C=O) groups is 3. The molecule has 0 aliphatic carbocycles. The van der Waals surface area contributed by atoms with Crippen LogP contribution in [0.5, 0.6) is 0 Å². The highest BCUT2D eigenvalue weighted by Gasteiger charge is 2.17. The summed E-state index contributed by atoms with van der Waals surface area (Å²) in [5.74, 6) is -1.69. The van der Waals surface area contributed by atoms with Gasteiger partial charge >= 0.3 is 11.9 Å². The first-order chi connectivity index (χ1) is 12.9. The molecule has 0 saturated heterocycles. The van der Waals surface area contributed by atoms with Crippen molar-refractivity contribution in [3.05, 3.63) is 71.1 Å². The van der Waals surface area contributed by atoms with Gasteiger partial charge in [-0.3, -0.25) is 4.79 Å². The molecule has 0 aliphatic rings. The fourth-order valence-electron chi connectivity index (χ4n) is 2.68. The number of ketones is 1. The SMILES string of the molecule is CCOC(=O)/C=C/C(=O)OCC(=O)c1cc(C)n(Cc2ccccc2)c1C. The minimum absolute atomic E-state index is 0.218. The van der Waals surface area contributed by atoms with E-state index in [1.807, 2.05) is 48.7 Å². The minimum atomic E-state index is -0.769. The Kier molecular flexibility index (Phi) is 7.11. The van der Waals surface area contributed by atoms with Gasteiger partial charge in [-0.2, -0.15) is 0 Å². The Hall–Kier alpha value is -3.15. The van der Waals surface area contributed by atoms with E-state index in [0.29, 0.717) is 12.1 Å². The van der Waals surface area contributed by atoms with Gasteiger partial charge in [0.2, 0.25) is 5.78 Å². The molecule has 0 bridgehead atoms. The number of aryl methyl sites for hydroxylation is 1. The summed E-state index contributed by atoms with van der Waals surface area (Å²) in [6.45, 7) is 5.95. The monoisotopic (exact) mass is 369 g/mol. The summed E-state index contributed by atoms with van der Waals surface area (Å²) >= 11 is 0. The summed E-state index contributed by atoms with van der Waals surface area (Å²) in [4.78, 5) is 35.2. The average Bonchev–Trinajstić information content (AvgIpc) is 2.94. The molecule has 0 radical (unpaired) electrons. The van der Waals surface area contributed by atoms with Crippen molar-refractivity contribution in [3.63, 3.8) is 0 Å². The summed E-state index contributed by atoms with van der Waals surface area (Å²) in [5, 5.41) is 0. The number of hydrogen-bond donors (Lipinski definition) is 0. The summed E-state index contributed by atoms with van der Waals surface area (Å²) in [6.07, 6.45) is 1.92. The van der Waals surface area contributed by atoms with E-state index in [-0.39, 0.29) is 19.0 Å². The molecule has 1 aromatic heterocycles. The van der Waals surface area contributed by atoms with Crippen LogP contribution in [-0.2, 0) is 25.6 Å². The molecular formula is C21H23NO5. The van der Waals surface area contributed by atoms with Gasteiger partial charge in [-0.1, -0.05) is 30.3 Å². The van der Waals surface area contributed by atoms with Crippen LogP contribution in [0.1, 0.15) is 34.2 Å².